The summed E-state index contributed by atoms with van der Waals surface area (Å²) in [5.74, 6) is 0.534. The molecule has 0 radical (unpaired) electrons. The van der Waals surface area contributed by atoms with E-state index in [0.717, 1.165) is 42.9 Å². The quantitative estimate of drug-likeness (QED) is 0.396. The van der Waals surface area contributed by atoms with Crippen molar-refractivity contribution in [2.45, 2.75) is 33.8 Å². The highest BCUT2D eigenvalue weighted by Gasteiger charge is 2.07. The summed E-state index contributed by atoms with van der Waals surface area (Å²) in [5, 5.41) is 11.2. The van der Waals surface area contributed by atoms with Crippen LogP contribution in [0.2, 0.25) is 0 Å². The number of hydrogen-bond donors (Lipinski definition) is 2. The van der Waals surface area contributed by atoms with Crippen LogP contribution in [0.5, 0.6) is 5.75 Å². The predicted molar refractivity (Wildman–Crippen MR) is 138 cm³/mol. The van der Waals surface area contributed by atoms with Gasteiger partial charge in [-0.2, -0.15) is 0 Å². The number of hydrogen-bond acceptors (Lipinski definition) is 5. The van der Waals surface area contributed by atoms with Crippen molar-refractivity contribution in [1.82, 2.24) is 9.47 Å². The molecule has 6 nitrogen and oxygen atoms in total. The molecule has 0 bridgehead atoms. The first kappa shape index (κ1) is 25.9. The molecule has 0 aliphatic heterocycles. The van der Waals surface area contributed by atoms with E-state index in [-0.39, 0.29) is 5.56 Å². The van der Waals surface area contributed by atoms with Gasteiger partial charge in [-0.25, -0.2) is 0 Å². The van der Waals surface area contributed by atoms with E-state index in [9.17, 15) is 4.79 Å². The van der Waals surface area contributed by atoms with Crippen molar-refractivity contribution < 1.29 is 4.74 Å². The Labute approximate surface area is 197 Å². The maximum Gasteiger partial charge on any atom is 0.258 e. The zero-order valence-corrected chi connectivity index (χ0v) is 20.2. The number of nitrogens with zero attached hydrogens (tertiary/aromatic N) is 2. The fourth-order valence-electron chi connectivity index (χ4n) is 3.36. The zero-order chi connectivity index (χ0) is 24.1. The largest absolute Gasteiger partial charge is 0.489 e. The Morgan fingerprint density at radius 1 is 1.06 bits per heavy atom. The van der Waals surface area contributed by atoms with Crippen LogP contribution in [0.1, 0.15) is 38.3 Å². The summed E-state index contributed by atoms with van der Waals surface area (Å²) >= 11 is 0. The van der Waals surface area contributed by atoms with Gasteiger partial charge in [0.2, 0.25) is 0 Å². The van der Waals surface area contributed by atoms with E-state index in [4.69, 9.17) is 10.1 Å². The van der Waals surface area contributed by atoms with E-state index in [1.807, 2.05) is 62.4 Å². The second-order valence-corrected chi connectivity index (χ2v) is 7.49. The topological polar surface area (TPSA) is 70.3 Å². The molecule has 0 fully saturated rings. The summed E-state index contributed by atoms with van der Waals surface area (Å²) in [6.07, 6.45) is 4.14. The molecule has 3 rings (SSSR count). The summed E-state index contributed by atoms with van der Waals surface area (Å²) in [6, 6.07) is 18.8. The molecule has 0 amide bonds. The van der Waals surface area contributed by atoms with Crippen molar-refractivity contribution in [3.8, 4) is 11.4 Å². The van der Waals surface area contributed by atoms with Crippen LogP contribution in [0.3, 0.4) is 0 Å². The molecule has 0 aliphatic rings. The average Bonchev–Trinajstić information content (AvgIpc) is 2.85. The number of anilines is 1. The van der Waals surface area contributed by atoms with Crippen LogP contribution in [0.4, 0.5) is 5.69 Å². The highest BCUT2D eigenvalue weighted by Crippen LogP contribution is 2.19. The van der Waals surface area contributed by atoms with Crippen molar-refractivity contribution in [2.24, 2.45) is 0 Å². The van der Waals surface area contributed by atoms with Gasteiger partial charge in [0.15, 0.2) is 0 Å². The second-order valence-electron chi connectivity index (χ2n) is 7.49. The smallest absolute Gasteiger partial charge is 0.258 e. The number of aromatic nitrogens is 1. The number of rotatable bonds is 11. The Morgan fingerprint density at radius 3 is 2.48 bits per heavy atom. The van der Waals surface area contributed by atoms with Crippen LogP contribution >= 0.6 is 0 Å². The highest BCUT2D eigenvalue weighted by molar-refractivity contribution is 5.86. The Morgan fingerprint density at radius 2 is 1.82 bits per heavy atom. The number of benzene rings is 2. The molecule has 0 aliphatic carbocycles. The van der Waals surface area contributed by atoms with Crippen LogP contribution < -0.4 is 15.6 Å². The van der Waals surface area contributed by atoms with Gasteiger partial charge >= 0.3 is 0 Å². The van der Waals surface area contributed by atoms with Gasteiger partial charge in [-0.3, -0.25) is 9.36 Å². The normalized spacial score (nSPS) is 10.3. The fraction of sp³-hybridized carbons (Fsp3) is 0.333. The molecule has 0 saturated carbocycles. The lowest BCUT2D eigenvalue weighted by Gasteiger charge is -2.17. The van der Waals surface area contributed by atoms with Crippen LogP contribution in [0, 0.1) is 5.41 Å². The molecule has 3 aromatic rings. The zero-order valence-electron chi connectivity index (χ0n) is 20.2. The average molecular weight is 449 g/mol. The lowest BCUT2D eigenvalue weighted by Crippen LogP contribution is -2.26. The summed E-state index contributed by atoms with van der Waals surface area (Å²) in [4.78, 5) is 14.9. The van der Waals surface area contributed by atoms with Crippen LogP contribution in [-0.4, -0.2) is 42.4 Å². The third-order valence-electron chi connectivity index (χ3n) is 5.02. The molecule has 0 saturated heterocycles. The van der Waals surface area contributed by atoms with Gasteiger partial charge in [-0.1, -0.05) is 51.1 Å². The summed E-state index contributed by atoms with van der Waals surface area (Å²) < 4.78 is 7.30. The SMILES string of the molecule is CC.CCCN(C)CCNc1ccc(-n2ccc(OCc3ccccc3)cc2=O)cc1C=N. The predicted octanol–water partition coefficient (Wildman–Crippen LogP) is 5.19. The van der Waals surface area contributed by atoms with Crippen molar-refractivity contribution in [3.05, 3.63) is 88.3 Å². The van der Waals surface area contributed by atoms with E-state index >= 15 is 0 Å². The van der Waals surface area contributed by atoms with Gasteiger partial charge < -0.3 is 20.4 Å². The lowest BCUT2D eigenvalue weighted by atomic mass is 10.1. The van der Waals surface area contributed by atoms with Crippen LogP contribution in [0.15, 0.2) is 71.7 Å². The maximum atomic E-state index is 12.6. The minimum atomic E-state index is -0.177. The minimum absolute atomic E-state index is 0.177. The number of ether oxygens (including phenoxy) is 1. The third kappa shape index (κ3) is 7.91. The molecule has 0 atom stereocenters. The van der Waals surface area contributed by atoms with Crippen LogP contribution in [0.25, 0.3) is 5.69 Å². The third-order valence-corrected chi connectivity index (χ3v) is 5.02. The number of likely N-dealkylation sites (N-methyl/N-ethyl adjacent to an activating group) is 1. The molecule has 0 unspecified atom stereocenters. The first-order chi connectivity index (χ1) is 16.1. The molecule has 1 heterocycles. The van der Waals surface area contributed by atoms with Crippen molar-refractivity contribution >= 4 is 11.9 Å². The van der Waals surface area contributed by atoms with E-state index in [2.05, 4.69) is 24.2 Å². The van der Waals surface area contributed by atoms with Crippen molar-refractivity contribution in [3.63, 3.8) is 0 Å². The molecule has 33 heavy (non-hydrogen) atoms. The van der Waals surface area contributed by atoms with Gasteiger partial charge in [0, 0.05) is 48.5 Å². The van der Waals surface area contributed by atoms with E-state index < -0.39 is 0 Å². The molecular weight excluding hydrogens is 412 g/mol. The summed E-state index contributed by atoms with van der Waals surface area (Å²) in [7, 11) is 2.10. The minimum Gasteiger partial charge on any atom is -0.489 e. The van der Waals surface area contributed by atoms with Gasteiger partial charge in [-0.15, -0.1) is 0 Å². The van der Waals surface area contributed by atoms with Gasteiger partial charge in [-0.05, 0) is 49.8 Å². The fourth-order valence-corrected chi connectivity index (χ4v) is 3.36. The molecule has 0 spiro atoms. The highest BCUT2D eigenvalue weighted by atomic mass is 16.5. The Bertz CT molecular complexity index is 1050. The molecular formula is C27H36N4O2. The first-order valence-electron chi connectivity index (χ1n) is 11.6. The van der Waals surface area contributed by atoms with E-state index in [1.165, 1.54) is 12.3 Å². The number of pyridine rings is 1. The molecule has 6 heteroatoms. The van der Waals surface area contributed by atoms with Crippen molar-refractivity contribution in [1.29, 1.82) is 5.41 Å². The number of nitrogens with one attached hydrogen (secondary N) is 2. The van der Waals surface area contributed by atoms with E-state index in [0.29, 0.717) is 18.0 Å². The van der Waals surface area contributed by atoms with Gasteiger partial charge in [0.25, 0.3) is 5.56 Å². The monoisotopic (exact) mass is 448 g/mol. The van der Waals surface area contributed by atoms with E-state index in [1.54, 1.807) is 16.8 Å². The van der Waals surface area contributed by atoms with Gasteiger partial charge in [0.1, 0.15) is 12.4 Å². The Kier molecular flexibility index (Phi) is 10.9. The Balaban J connectivity index is 0.00000187. The van der Waals surface area contributed by atoms with Crippen molar-refractivity contribution in [2.75, 3.05) is 32.0 Å². The van der Waals surface area contributed by atoms with Gasteiger partial charge in [0.05, 0.1) is 0 Å². The summed E-state index contributed by atoms with van der Waals surface area (Å²) in [6.45, 7) is 9.36. The summed E-state index contributed by atoms with van der Waals surface area (Å²) in [5.41, 5.74) is 3.22. The lowest BCUT2D eigenvalue weighted by molar-refractivity contribution is 0.305. The standard InChI is InChI=1S/C25H30N4O2.C2H6/c1-3-13-28(2)15-12-27-24-10-9-22(16-21(24)18-26)29-14-11-23(17-25(29)30)31-19-20-7-5-4-6-8-20;1-2/h4-11,14,16-18,26-27H,3,12-13,15,19H2,1-2H3;1-2H3. The molecule has 2 N–H and O–H groups in total. The maximum absolute atomic E-state index is 12.6. The second kappa shape index (κ2) is 13.9. The van der Waals surface area contributed by atoms with Crippen LogP contribution in [-0.2, 0) is 6.61 Å². The molecule has 176 valence electrons. The molecule has 2 aromatic carbocycles. The Hall–Kier alpha value is -3.38. The molecule has 1 aromatic heterocycles. The first-order valence-corrected chi connectivity index (χ1v) is 11.6.